The Morgan fingerprint density at radius 2 is 1.03 bits per heavy atom. The normalized spacial score (nSPS) is 12.1. The summed E-state index contributed by atoms with van der Waals surface area (Å²) in [5.74, 6) is -1.53. The zero-order valence-electron chi connectivity index (χ0n) is 22.0. The highest BCUT2D eigenvalue weighted by Gasteiger charge is 2.46. The Hall–Kier alpha value is -2.33. The van der Waals surface area contributed by atoms with Crippen LogP contribution in [0, 0.1) is 11.6 Å². The molecule has 4 aromatic carbocycles. The van der Waals surface area contributed by atoms with Gasteiger partial charge in [-0.3, -0.25) is 0 Å². The Balaban J connectivity index is 0.00000380. The van der Waals surface area contributed by atoms with Crippen LogP contribution >= 0.6 is 7.26 Å². The lowest BCUT2D eigenvalue weighted by Crippen LogP contribution is -3.00. The second-order valence-electron chi connectivity index (χ2n) is 10.7. The van der Waals surface area contributed by atoms with E-state index in [-0.39, 0.29) is 27.8 Å². The Bertz CT molecular complexity index is 1190. The molecule has 0 aliphatic rings. The molecule has 0 bridgehead atoms. The van der Waals surface area contributed by atoms with E-state index in [2.05, 4.69) is 57.2 Å². The molecule has 0 radical (unpaired) electrons. The maximum Gasteiger partial charge on any atom is 0.250 e. The van der Waals surface area contributed by atoms with Gasteiger partial charge in [-0.2, -0.15) is 0 Å². The molecule has 0 saturated carbocycles. The average Bonchev–Trinajstić information content (AvgIpc) is 2.86. The molecule has 0 aliphatic carbocycles. The van der Waals surface area contributed by atoms with Crippen LogP contribution in [0.25, 0.3) is 0 Å². The van der Waals surface area contributed by atoms with E-state index in [1.807, 2.05) is 67.7 Å². The molecule has 37 heavy (non-hydrogen) atoms. The van der Waals surface area contributed by atoms with E-state index in [0.29, 0.717) is 11.7 Å². The topological polar surface area (TPSA) is 9.23 Å². The Morgan fingerprint density at radius 3 is 1.35 bits per heavy atom. The van der Waals surface area contributed by atoms with Gasteiger partial charge in [0.25, 0.3) is 8.32 Å². The molecular formula is C31H34BrF2OPSi. The summed E-state index contributed by atoms with van der Waals surface area (Å²) in [6, 6.07) is 34.0. The molecule has 0 unspecified atom stereocenters. The monoisotopic (exact) mass is 598 g/mol. The van der Waals surface area contributed by atoms with Crippen LogP contribution in [0.2, 0.25) is 18.1 Å². The minimum absolute atomic E-state index is 0. The van der Waals surface area contributed by atoms with Gasteiger partial charge in [-0.15, -0.1) is 0 Å². The SMILES string of the molecule is CC(C)(C)[Si](C)(C)Oc1c(F)cc(C[P+](c2ccccc2)(c2ccccc2)c2ccccc2)cc1F.[Br-]. The maximum absolute atomic E-state index is 15.5. The summed E-state index contributed by atoms with van der Waals surface area (Å²) in [6.07, 6.45) is 0.499. The summed E-state index contributed by atoms with van der Waals surface area (Å²) in [4.78, 5) is 0. The first kappa shape index (κ1) is 29.2. The number of hydrogen-bond donors (Lipinski definition) is 0. The molecule has 6 heteroatoms. The highest BCUT2D eigenvalue weighted by atomic mass is 79.9. The van der Waals surface area contributed by atoms with Crippen LogP contribution in [-0.4, -0.2) is 8.32 Å². The summed E-state index contributed by atoms with van der Waals surface area (Å²) in [5, 5.41) is 3.35. The van der Waals surface area contributed by atoms with Gasteiger partial charge in [0.2, 0.25) is 0 Å². The van der Waals surface area contributed by atoms with Crippen molar-refractivity contribution in [1.29, 1.82) is 0 Å². The lowest BCUT2D eigenvalue weighted by molar-refractivity contribution is -0.00000918. The molecule has 4 rings (SSSR count). The molecule has 0 atom stereocenters. The standard InChI is InChI=1S/C31H34F2OPSi.BrH/c1-31(2,3)36(4,5)34-30-28(32)21-24(22-29(30)33)23-35(25-15-9-6-10-16-25,26-17-11-7-12-18-26)27-19-13-8-14-20-27;/h6-22H,23H2,1-5H3;1H/q+1;/p-1. The highest BCUT2D eigenvalue weighted by Crippen LogP contribution is 2.58. The summed E-state index contributed by atoms with van der Waals surface area (Å²) in [5.41, 5.74) is 0.623. The predicted molar refractivity (Wildman–Crippen MR) is 153 cm³/mol. The van der Waals surface area contributed by atoms with Crippen LogP contribution in [0.5, 0.6) is 5.75 Å². The van der Waals surface area contributed by atoms with Crippen LogP contribution < -0.4 is 37.3 Å². The minimum atomic E-state index is -2.40. The third-order valence-corrected chi connectivity index (χ3v) is 15.9. The van der Waals surface area contributed by atoms with Crippen molar-refractivity contribution in [1.82, 2.24) is 0 Å². The van der Waals surface area contributed by atoms with Crippen LogP contribution in [-0.2, 0) is 6.16 Å². The van der Waals surface area contributed by atoms with Crippen LogP contribution in [0.1, 0.15) is 26.3 Å². The second-order valence-corrected chi connectivity index (χ2v) is 18.9. The van der Waals surface area contributed by atoms with Crippen molar-refractivity contribution in [2.45, 2.75) is 45.1 Å². The number of benzene rings is 4. The van der Waals surface area contributed by atoms with Crippen LogP contribution in [0.15, 0.2) is 103 Å². The molecule has 194 valence electrons. The van der Waals surface area contributed by atoms with Gasteiger partial charge in [0, 0.05) is 0 Å². The third kappa shape index (κ3) is 6.06. The molecule has 0 amide bonds. The molecule has 0 fully saturated rings. The highest BCUT2D eigenvalue weighted by molar-refractivity contribution is 7.95. The summed E-state index contributed by atoms with van der Waals surface area (Å²) in [6.45, 7) is 10.2. The average molecular weight is 600 g/mol. The summed E-state index contributed by atoms with van der Waals surface area (Å²) < 4.78 is 37.0. The van der Waals surface area contributed by atoms with E-state index in [4.69, 9.17) is 4.43 Å². The van der Waals surface area contributed by atoms with E-state index in [9.17, 15) is 0 Å². The smallest absolute Gasteiger partial charge is 0.250 e. The second kappa shape index (κ2) is 11.6. The fourth-order valence-corrected chi connectivity index (χ4v) is 9.48. The molecule has 0 saturated heterocycles. The molecular weight excluding hydrogens is 565 g/mol. The largest absolute Gasteiger partial charge is 1.00 e. The summed E-state index contributed by atoms with van der Waals surface area (Å²) in [7, 11) is -4.67. The lowest BCUT2D eigenvalue weighted by atomic mass is 10.2. The zero-order valence-corrected chi connectivity index (χ0v) is 25.5. The van der Waals surface area contributed by atoms with Crippen molar-refractivity contribution < 1.29 is 30.2 Å². The van der Waals surface area contributed by atoms with E-state index in [1.165, 1.54) is 28.0 Å². The zero-order chi connectivity index (χ0) is 26.0. The number of halogens is 3. The quantitative estimate of drug-likeness (QED) is 0.218. The van der Waals surface area contributed by atoms with Gasteiger partial charge >= 0.3 is 0 Å². The Kier molecular flexibility index (Phi) is 9.16. The van der Waals surface area contributed by atoms with Crippen molar-refractivity contribution in [2.75, 3.05) is 0 Å². The Labute approximate surface area is 232 Å². The van der Waals surface area contributed by atoms with E-state index < -0.39 is 27.2 Å². The molecule has 0 N–H and O–H groups in total. The molecule has 1 nitrogen and oxygen atoms in total. The third-order valence-electron chi connectivity index (χ3n) is 7.23. The van der Waals surface area contributed by atoms with Crippen molar-refractivity contribution in [3.05, 3.63) is 120 Å². The molecule has 4 aromatic rings. The van der Waals surface area contributed by atoms with E-state index in [1.54, 1.807) is 0 Å². The molecule has 0 aromatic heterocycles. The van der Waals surface area contributed by atoms with Gasteiger partial charge in [-0.05, 0) is 72.2 Å². The first-order chi connectivity index (χ1) is 17.0. The first-order valence-corrected chi connectivity index (χ1v) is 17.1. The van der Waals surface area contributed by atoms with Gasteiger partial charge in [-0.25, -0.2) is 8.78 Å². The molecule has 0 heterocycles. The first-order valence-electron chi connectivity index (χ1n) is 12.3. The van der Waals surface area contributed by atoms with Crippen molar-refractivity contribution >= 4 is 31.5 Å². The van der Waals surface area contributed by atoms with Crippen LogP contribution in [0.3, 0.4) is 0 Å². The van der Waals surface area contributed by atoms with E-state index in [0.717, 1.165) is 0 Å². The van der Waals surface area contributed by atoms with Gasteiger partial charge in [-0.1, -0.05) is 75.4 Å². The number of rotatable bonds is 7. The van der Waals surface area contributed by atoms with Gasteiger partial charge in [0.05, 0.1) is 6.16 Å². The predicted octanol–water partition coefficient (Wildman–Crippen LogP) is 4.85. The number of hydrogen-bond acceptors (Lipinski definition) is 1. The van der Waals surface area contributed by atoms with Gasteiger partial charge in [0.1, 0.15) is 23.2 Å². The van der Waals surface area contributed by atoms with E-state index >= 15 is 8.78 Å². The van der Waals surface area contributed by atoms with Crippen molar-refractivity contribution in [3.8, 4) is 5.75 Å². The van der Waals surface area contributed by atoms with Crippen LogP contribution in [0.4, 0.5) is 8.78 Å². The minimum Gasteiger partial charge on any atom is -1.00 e. The fraction of sp³-hybridized carbons (Fsp3) is 0.226. The Morgan fingerprint density at radius 1 is 0.676 bits per heavy atom. The van der Waals surface area contributed by atoms with Gasteiger partial charge in [0.15, 0.2) is 17.4 Å². The lowest BCUT2D eigenvalue weighted by Gasteiger charge is -2.36. The summed E-state index contributed by atoms with van der Waals surface area (Å²) >= 11 is 0. The van der Waals surface area contributed by atoms with Crippen molar-refractivity contribution in [2.24, 2.45) is 0 Å². The fourth-order valence-electron chi connectivity index (χ4n) is 4.25. The van der Waals surface area contributed by atoms with Crippen molar-refractivity contribution in [3.63, 3.8) is 0 Å². The molecule has 0 aliphatic heterocycles. The molecule has 0 spiro atoms. The maximum atomic E-state index is 15.5. The van der Waals surface area contributed by atoms with Gasteiger partial charge < -0.3 is 21.4 Å².